The van der Waals surface area contributed by atoms with Crippen LogP contribution in [-0.2, 0) is 15.0 Å². The van der Waals surface area contributed by atoms with Crippen molar-refractivity contribution >= 4 is 28.3 Å². The third-order valence-electron chi connectivity index (χ3n) is 8.28. The molecule has 0 bridgehead atoms. The summed E-state index contributed by atoms with van der Waals surface area (Å²) in [6, 6.07) is 9.69. The molecule has 0 spiro atoms. The van der Waals surface area contributed by atoms with E-state index in [1.54, 1.807) is 6.20 Å². The molecule has 5 rings (SSSR count). The Kier molecular flexibility index (Phi) is 7.47. The smallest absolute Gasteiger partial charge is 0.261 e. The van der Waals surface area contributed by atoms with E-state index in [4.69, 9.17) is 14.6 Å². The zero-order valence-corrected chi connectivity index (χ0v) is 24.8. The quantitative estimate of drug-likeness (QED) is 0.456. The van der Waals surface area contributed by atoms with Crippen LogP contribution in [0.2, 0.25) is 0 Å². The first-order valence-corrected chi connectivity index (χ1v) is 14.2. The molecular weight excluding hydrogens is 520 g/mol. The molecule has 0 saturated carbocycles. The predicted octanol–water partition coefficient (Wildman–Crippen LogP) is 4.86. The number of carbonyl (C=O) groups is 1. The van der Waals surface area contributed by atoms with Crippen LogP contribution < -0.4 is 10.9 Å². The number of hydrogen-bond acceptors (Lipinski definition) is 7. The predicted molar refractivity (Wildman–Crippen MR) is 157 cm³/mol. The number of anilines is 2. The molecule has 2 unspecified atom stereocenters. The van der Waals surface area contributed by atoms with Gasteiger partial charge in [0.25, 0.3) is 11.5 Å². The Morgan fingerprint density at radius 2 is 2.07 bits per heavy atom. The number of H-pyrrole nitrogens is 1. The van der Waals surface area contributed by atoms with E-state index in [0.29, 0.717) is 60.7 Å². The van der Waals surface area contributed by atoms with Crippen molar-refractivity contribution in [1.29, 1.82) is 5.26 Å². The molecule has 2 aliphatic heterocycles. The number of aromatic nitrogens is 3. The van der Waals surface area contributed by atoms with Gasteiger partial charge < -0.3 is 24.7 Å². The van der Waals surface area contributed by atoms with Gasteiger partial charge in [0.15, 0.2) is 5.82 Å². The Morgan fingerprint density at radius 1 is 1.29 bits per heavy atom. The number of fused-ring (bicyclic) bond motifs is 1. The highest BCUT2D eigenvalue weighted by Gasteiger charge is 2.43. The van der Waals surface area contributed by atoms with Crippen LogP contribution in [0, 0.1) is 23.7 Å². The average molecular weight is 561 g/mol. The molecule has 10 nitrogen and oxygen atoms in total. The van der Waals surface area contributed by atoms with E-state index in [1.165, 1.54) is 0 Å². The Bertz CT molecular complexity index is 1550. The molecule has 1 amide bonds. The zero-order valence-electron chi connectivity index (χ0n) is 24.8. The molecular formula is C31H40N6O4. The summed E-state index contributed by atoms with van der Waals surface area (Å²) < 4.78 is 13.9. The largest absolute Gasteiger partial charge is 0.375 e. The van der Waals surface area contributed by atoms with Crippen LogP contribution in [0.4, 0.5) is 11.5 Å². The molecule has 0 radical (unpaired) electrons. The normalized spacial score (nSPS) is 22.9. The van der Waals surface area contributed by atoms with Crippen LogP contribution in [0.3, 0.4) is 0 Å². The number of nitriles is 1. The second kappa shape index (κ2) is 10.6. The van der Waals surface area contributed by atoms with Crippen molar-refractivity contribution in [2.24, 2.45) is 5.41 Å². The lowest BCUT2D eigenvalue weighted by molar-refractivity contribution is -0.100. The van der Waals surface area contributed by atoms with Gasteiger partial charge in [0.1, 0.15) is 5.39 Å². The summed E-state index contributed by atoms with van der Waals surface area (Å²) >= 11 is 0. The van der Waals surface area contributed by atoms with Crippen LogP contribution >= 0.6 is 0 Å². The molecule has 1 aromatic carbocycles. The van der Waals surface area contributed by atoms with Crippen molar-refractivity contribution in [2.45, 2.75) is 78.0 Å². The third-order valence-corrected chi connectivity index (χ3v) is 8.28. The number of pyridine rings is 1. The van der Waals surface area contributed by atoms with Crippen molar-refractivity contribution in [3.63, 3.8) is 0 Å². The van der Waals surface area contributed by atoms with Crippen LogP contribution in [0.15, 0.2) is 35.3 Å². The fraction of sp³-hybridized carbons (Fsp3) is 0.548. The first kappa shape index (κ1) is 28.8. The van der Waals surface area contributed by atoms with E-state index >= 15 is 0 Å². The number of hydrogen-bond donors (Lipinski definition) is 2. The lowest BCUT2D eigenvalue weighted by atomic mass is 9.79. The van der Waals surface area contributed by atoms with Crippen molar-refractivity contribution in [2.75, 3.05) is 31.6 Å². The molecule has 2 fully saturated rings. The lowest BCUT2D eigenvalue weighted by Crippen LogP contribution is -2.50. The highest BCUT2D eigenvalue weighted by atomic mass is 16.5. The van der Waals surface area contributed by atoms with Gasteiger partial charge >= 0.3 is 0 Å². The minimum absolute atomic E-state index is 0.0156. The Hall–Kier alpha value is -3.68. The number of rotatable bonds is 5. The minimum Gasteiger partial charge on any atom is -0.375 e. The number of nitrogens with zero attached hydrogens (tertiary/aromatic N) is 4. The van der Waals surface area contributed by atoms with Crippen molar-refractivity contribution in [1.82, 2.24) is 19.7 Å². The van der Waals surface area contributed by atoms with E-state index < -0.39 is 5.54 Å². The van der Waals surface area contributed by atoms with Crippen LogP contribution in [0.5, 0.6) is 0 Å². The van der Waals surface area contributed by atoms with Crippen LogP contribution in [-0.4, -0.2) is 63.6 Å². The number of ether oxygens (including phenoxy) is 2. The van der Waals surface area contributed by atoms with E-state index in [1.807, 2.05) is 54.6 Å². The Labute approximate surface area is 240 Å². The molecule has 41 heavy (non-hydrogen) atoms. The molecule has 3 aromatic rings. The highest BCUT2D eigenvalue weighted by Crippen LogP contribution is 2.40. The molecule has 10 heteroatoms. The maximum atomic E-state index is 13.3. The summed E-state index contributed by atoms with van der Waals surface area (Å²) in [5.41, 5.74) is 1.43. The first-order valence-electron chi connectivity index (χ1n) is 14.2. The Balaban J connectivity index is 1.47. The number of amides is 1. The number of carbonyl (C=O) groups excluding carboxylic acids is 1. The summed E-state index contributed by atoms with van der Waals surface area (Å²) in [5.74, 6) is 0.367. The highest BCUT2D eigenvalue weighted by molar-refractivity contribution is 5.97. The van der Waals surface area contributed by atoms with Crippen molar-refractivity contribution < 1.29 is 14.3 Å². The number of benzene rings is 1. The summed E-state index contributed by atoms with van der Waals surface area (Å²) in [5, 5.41) is 18.4. The van der Waals surface area contributed by atoms with Gasteiger partial charge in [-0.2, -0.15) is 10.4 Å². The molecule has 2 saturated heterocycles. The fourth-order valence-corrected chi connectivity index (χ4v) is 6.03. The summed E-state index contributed by atoms with van der Waals surface area (Å²) in [6.45, 7) is 14.3. The maximum absolute atomic E-state index is 13.3. The SMILES string of the molecule is Cc1cc(Nc2nn(C3(CC#N)CCC(C(C)(C)C)OC3)c3cc[nH]c(=O)c23)ccc1C(=O)N1CCOC(C)(C)C1. The first-order chi connectivity index (χ1) is 19.3. The molecule has 0 aliphatic carbocycles. The summed E-state index contributed by atoms with van der Waals surface area (Å²) in [7, 11) is 0. The number of aromatic amines is 1. The lowest BCUT2D eigenvalue weighted by Gasteiger charge is -2.43. The molecule has 2 atom stereocenters. The standard InChI is InChI=1S/C31H40N6O4/c1-20-17-21(7-8-22(20)28(39)36-15-16-41-30(5,6)18-36)34-26-25-23(10-14-33-27(25)38)37(35-26)31(12-13-32)11-9-24(40-19-31)29(2,3)4/h7-8,10,14,17,24H,9,11-12,15-16,18-19H2,1-6H3,(H,33,38)(H,34,35). The topological polar surface area (TPSA) is 125 Å². The zero-order chi connectivity index (χ0) is 29.6. The van der Waals surface area contributed by atoms with E-state index in [2.05, 4.69) is 37.1 Å². The van der Waals surface area contributed by atoms with Gasteiger partial charge in [-0.25, -0.2) is 0 Å². The molecule has 218 valence electrons. The number of morpholine rings is 1. The fourth-order valence-electron chi connectivity index (χ4n) is 6.03. The molecule has 2 N–H and O–H groups in total. The van der Waals surface area contributed by atoms with E-state index in [-0.39, 0.29) is 35.0 Å². The van der Waals surface area contributed by atoms with Crippen molar-refractivity contribution in [3.05, 3.63) is 51.9 Å². The van der Waals surface area contributed by atoms with Gasteiger partial charge in [-0.05, 0) is 68.9 Å². The summed E-state index contributed by atoms with van der Waals surface area (Å²) in [6.07, 6.45) is 3.38. The number of aryl methyl sites for hydroxylation is 1. The van der Waals surface area contributed by atoms with Crippen LogP contribution in [0.1, 0.15) is 69.8 Å². The molecule has 2 aromatic heterocycles. The van der Waals surface area contributed by atoms with Gasteiger partial charge in [-0.3, -0.25) is 14.3 Å². The average Bonchev–Trinajstić information content (AvgIpc) is 3.28. The molecule has 4 heterocycles. The Morgan fingerprint density at radius 3 is 2.71 bits per heavy atom. The van der Waals surface area contributed by atoms with E-state index in [0.717, 1.165) is 12.0 Å². The molecule has 2 aliphatic rings. The van der Waals surface area contributed by atoms with Crippen LogP contribution in [0.25, 0.3) is 10.9 Å². The van der Waals surface area contributed by atoms with Gasteiger partial charge in [0.2, 0.25) is 0 Å². The monoisotopic (exact) mass is 560 g/mol. The van der Waals surface area contributed by atoms with Gasteiger partial charge in [-0.15, -0.1) is 0 Å². The third kappa shape index (κ3) is 5.61. The second-order valence-corrected chi connectivity index (χ2v) is 13.1. The van der Waals surface area contributed by atoms with Gasteiger partial charge in [-0.1, -0.05) is 20.8 Å². The minimum atomic E-state index is -0.694. The van der Waals surface area contributed by atoms with Gasteiger partial charge in [0.05, 0.1) is 48.5 Å². The van der Waals surface area contributed by atoms with Gasteiger partial charge in [0, 0.05) is 30.5 Å². The van der Waals surface area contributed by atoms with Crippen molar-refractivity contribution in [3.8, 4) is 6.07 Å². The number of nitrogens with one attached hydrogen (secondary N) is 2. The second-order valence-electron chi connectivity index (χ2n) is 13.1. The summed E-state index contributed by atoms with van der Waals surface area (Å²) in [4.78, 5) is 31.0. The van der Waals surface area contributed by atoms with E-state index in [9.17, 15) is 14.9 Å². The maximum Gasteiger partial charge on any atom is 0.261 e.